The van der Waals surface area contributed by atoms with Crippen molar-refractivity contribution in [3.05, 3.63) is 48.0 Å². The predicted octanol–water partition coefficient (Wildman–Crippen LogP) is 1.26. The van der Waals surface area contributed by atoms with Crippen LogP contribution in [0.15, 0.2) is 40.9 Å². The minimum atomic E-state index is -1.43. The van der Waals surface area contributed by atoms with Gasteiger partial charge in [0.05, 0.1) is 0 Å². The monoisotopic (exact) mass is 192 g/mol. The van der Waals surface area contributed by atoms with Gasteiger partial charge in [-0.2, -0.15) is 0 Å². The number of aryl methyl sites for hydroxylation is 1. The van der Waals surface area contributed by atoms with E-state index in [1.165, 1.54) is 12.2 Å². The molecule has 0 aromatic carbocycles. The van der Waals surface area contributed by atoms with Crippen molar-refractivity contribution in [2.75, 3.05) is 0 Å². The second kappa shape index (κ2) is 3.12. The van der Waals surface area contributed by atoms with Gasteiger partial charge in [0.2, 0.25) is 0 Å². The summed E-state index contributed by atoms with van der Waals surface area (Å²) < 4.78 is 5.30. The molecule has 1 aliphatic carbocycles. The normalized spacial score (nSPS) is 30.9. The summed E-state index contributed by atoms with van der Waals surface area (Å²) in [5.74, 6) is 1.08. The lowest BCUT2D eigenvalue weighted by molar-refractivity contribution is -0.0347. The quantitative estimate of drug-likeness (QED) is 0.704. The average Bonchev–Trinajstić information content (AvgIpc) is 2.58. The zero-order chi connectivity index (χ0) is 10.2. The Kier molecular flexibility index (Phi) is 2.06. The first-order valence-electron chi connectivity index (χ1n) is 4.46. The third-order valence-corrected chi connectivity index (χ3v) is 2.34. The van der Waals surface area contributed by atoms with Gasteiger partial charge < -0.3 is 14.6 Å². The lowest BCUT2D eigenvalue weighted by atomic mass is 9.90. The molecule has 2 rings (SSSR count). The highest BCUT2D eigenvalue weighted by atomic mass is 16.4. The molecule has 0 saturated carbocycles. The van der Waals surface area contributed by atoms with Crippen molar-refractivity contribution in [1.29, 1.82) is 0 Å². The average molecular weight is 192 g/mol. The smallest absolute Gasteiger partial charge is 0.170 e. The lowest BCUT2D eigenvalue weighted by Gasteiger charge is -2.27. The van der Waals surface area contributed by atoms with Crippen molar-refractivity contribution in [1.82, 2.24) is 0 Å². The van der Waals surface area contributed by atoms with Gasteiger partial charge in [-0.05, 0) is 25.1 Å². The van der Waals surface area contributed by atoms with E-state index in [1.54, 1.807) is 31.2 Å². The summed E-state index contributed by atoms with van der Waals surface area (Å²) >= 11 is 0. The molecule has 3 heteroatoms. The van der Waals surface area contributed by atoms with Gasteiger partial charge in [-0.1, -0.05) is 18.2 Å². The second-order valence-electron chi connectivity index (χ2n) is 3.42. The Bertz CT molecular complexity index is 389. The first-order valence-corrected chi connectivity index (χ1v) is 4.46. The Morgan fingerprint density at radius 2 is 2.14 bits per heavy atom. The van der Waals surface area contributed by atoms with Crippen molar-refractivity contribution in [3.63, 3.8) is 0 Å². The minimum Gasteiger partial charge on any atom is -0.463 e. The van der Waals surface area contributed by atoms with E-state index in [0.717, 1.165) is 0 Å². The molecule has 3 nitrogen and oxygen atoms in total. The number of rotatable bonds is 1. The van der Waals surface area contributed by atoms with Crippen LogP contribution in [0.1, 0.15) is 11.5 Å². The fraction of sp³-hybridized carbons (Fsp3) is 0.273. The van der Waals surface area contributed by atoms with E-state index < -0.39 is 11.7 Å². The van der Waals surface area contributed by atoms with Crippen LogP contribution < -0.4 is 0 Å². The molecule has 0 saturated heterocycles. The highest BCUT2D eigenvalue weighted by Crippen LogP contribution is 2.31. The maximum atomic E-state index is 10.1. The summed E-state index contributed by atoms with van der Waals surface area (Å²) in [4.78, 5) is 0. The van der Waals surface area contributed by atoms with Crippen molar-refractivity contribution >= 4 is 0 Å². The van der Waals surface area contributed by atoms with Gasteiger partial charge in [-0.25, -0.2) is 0 Å². The topological polar surface area (TPSA) is 53.6 Å². The highest BCUT2D eigenvalue weighted by Gasteiger charge is 2.37. The van der Waals surface area contributed by atoms with Crippen LogP contribution in [0.5, 0.6) is 0 Å². The Morgan fingerprint density at radius 1 is 1.36 bits per heavy atom. The first kappa shape index (κ1) is 9.24. The fourth-order valence-electron chi connectivity index (χ4n) is 1.49. The van der Waals surface area contributed by atoms with Gasteiger partial charge in [-0.15, -0.1) is 0 Å². The van der Waals surface area contributed by atoms with Crippen LogP contribution in [0.2, 0.25) is 0 Å². The van der Waals surface area contributed by atoms with Crippen LogP contribution in [0.25, 0.3) is 0 Å². The lowest BCUT2D eigenvalue weighted by Crippen LogP contribution is -2.37. The summed E-state index contributed by atoms with van der Waals surface area (Å²) in [6.45, 7) is 1.79. The molecular formula is C11H12O3. The van der Waals surface area contributed by atoms with Crippen LogP contribution >= 0.6 is 0 Å². The van der Waals surface area contributed by atoms with E-state index in [0.29, 0.717) is 11.5 Å². The number of aliphatic hydroxyl groups is 2. The number of aliphatic hydroxyl groups excluding tert-OH is 1. The number of furan rings is 1. The molecule has 0 bridgehead atoms. The maximum Gasteiger partial charge on any atom is 0.170 e. The van der Waals surface area contributed by atoms with Crippen LogP contribution in [0, 0.1) is 6.92 Å². The van der Waals surface area contributed by atoms with Gasteiger partial charge in [0, 0.05) is 0 Å². The molecule has 0 spiro atoms. The summed E-state index contributed by atoms with van der Waals surface area (Å²) in [6, 6.07) is 3.42. The Balaban J connectivity index is 2.41. The maximum absolute atomic E-state index is 10.1. The van der Waals surface area contributed by atoms with Gasteiger partial charge in [0.25, 0.3) is 0 Å². The molecule has 1 aromatic heterocycles. The van der Waals surface area contributed by atoms with Crippen LogP contribution in [-0.4, -0.2) is 16.3 Å². The SMILES string of the molecule is Cc1ccc(C2(O)C=CC=CC2O)o1. The molecular weight excluding hydrogens is 180 g/mol. The zero-order valence-electron chi connectivity index (χ0n) is 7.84. The summed E-state index contributed by atoms with van der Waals surface area (Å²) in [7, 11) is 0. The summed E-state index contributed by atoms with van der Waals surface area (Å²) in [6.07, 6.45) is 5.46. The van der Waals surface area contributed by atoms with Crippen LogP contribution in [0.4, 0.5) is 0 Å². The summed E-state index contributed by atoms with van der Waals surface area (Å²) in [5.41, 5.74) is -1.43. The largest absolute Gasteiger partial charge is 0.463 e. The number of hydrogen-bond donors (Lipinski definition) is 2. The Hall–Kier alpha value is -1.32. The first-order chi connectivity index (χ1) is 6.63. The van der Waals surface area contributed by atoms with E-state index in [2.05, 4.69) is 0 Å². The van der Waals surface area contributed by atoms with Gasteiger partial charge in [-0.3, -0.25) is 0 Å². The third kappa shape index (κ3) is 1.31. The molecule has 2 atom stereocenters. The molecule has 2 unspecified atom stereocenters. The second-order valence-corrected chi connectivity index (χ2v) is 3.42. The van der Waals surface area contributed by atoms with Crippen LogP contribution in [0.3, 0.4) is 0 Å². The Morgan fingerprint density at radius 3 is 2.71 bits per heavy atom. The van der Waals surface area contributed by atoms with E-state index in [-0.39, 0.29) is 0 Å². The summed E-state index contributed by atoms with van der Waals surface area (Å²) in [5, 5.41) is 19.8. The zero-order valence-corrected chi connectivity index (χ0v) is 7.84. The molecule has 0 aliphatic heterocycles. The van der Waals surface area contributed by atoms with Gasteiger partial charge in [0.15, 0.2) is 5.60 Å². The molecule has 2 N–H and O–H groups in total. The van der Waals surface area contributed by atoms with E-state index >= 15 is 0 Å². The van der Waals surface area contributed by atoms with E-state index in [4.69, 9.17) is 4.42 Å². The molecule has 0 radical (unpaired) electrons. The molecule has 14 heavy (non-hydrogen) atoms. The van der Waals surface area contributed by atoms with Crippen molar-refractivity contribution in [2.24, 2.45) is 0 Å². The minimum absolute atomic E-state index is 0.364. The van der Waals surface area contributed by atoms with E-state index in [9.17, 15) is 10.2 Å². The third-order valence-electron chi connectivity index (χ3n) is 2.34. The molecule has 1 heterocycles. The highest BCUT2D eigenvalue weighted by molar-refractivity contribution is 5.30. The predicted molar refractivity (Wildman–Crippen MR) is 51.6 cm³/mol. The number of hydrogen-bond acceptors (Lipinski definition) is 3. The fourth-order valence-corrected chi connectivity index (χ4v) is 1.49. The number of allylic oxidation sites excluding steroid dienone is 2. The van der Waals surface area contributed by atoms with E-state index in [1.807, 2.05) is 0 Å². The molecule has 1 aromatic rings. The van der Waals surface area contributed by atoms with Crippen molar-refractivity contribution < 1.29 is 14.6 Å². The molecule has 0 amide bonds. The van der Waals surface area contributed by atoms with Gasteiger partial charge >= 0.3 is 0 Å². The standard InChI is InChI=1S/C11H12O3/c1-8-5-6-10(14-8)11(13)7-3-2-4-9(11)12/h2-7,9,12-13H,1H3. The Labute approximate surface area is 82.0 Å². The van der Waals surface area contributed by atoms with Crippen molar-refractivity contribution in [2.45, 2.75) is 18.6 Å². The molecule has 0 fully saturated rings. The van der Waals surface area contributed by atoms with Crippen molar-refractivity contribution in [3.8, 4) is 0 Å². The molecule has 1 aliphatic rings. The van der Waals surface area contributed by atoms with Gasteiger partial charge in [0.1, 0.15) is 17.6 Å². The van der Waals surface area contributed by atoms with Crippen LogP contribution in [-0.2, 0) is 5.60 Å². The molecule has 74 valence electrons.